The minimum absolute atomic E-state index is 0.0749. The highest BCUT2D eigenvalue weighted by atomic mass is 16.6. The first-order valence-electron chi connectivity index (χ1n) is 6.20. The summed E-state index contributed by atoms with van der Waals surface area (Å²) in [5, 5.41) is 14.3. The number of amides is 1. The van der Waals surface area contributed by atoms with Gasteiger partial charge < -0.3 is 4.90 Å². The third kappa shape index (κ3) is 3.04. The Balaban J connectivity index is 2.07. The third-order valence-electron chi connectivity index (χ3n) is 3.27. The molecule has 8 heteroatoms. The molecule has 1 fully saturated rings. The Kier molecular flexibility index (Phi) is 4.17. The number of non-ortho nitro benzene ring substituents is 1. The molecule has 20 heavy (non-hydrogen) atoms. The fourth-order valence-corrected chi connectivity index (χ4v) is 2.19. The second kappa shape index (κ2) is 6.03. The number of hydrogen-bond acceptors (Lipinski definition) is 4. The van der Waals surface area contributed by atoms with Crippen molar-refractivity contribution in [2.24, 2.45) is 5.11 Å². The Morgan fingerprint density at radius 1 is 1.45 bits per heavy atom. The van der Waals surface area contributed by atoms with Gasteiger partial charge in [0.1, 0.15) is 0 Å². The minimum Gasteiger partial charge on any atom is -0.339 e. The number of nitrogens with zero attached hydrogens (tertiary/aromatic N) is 5. The molecule has 0 aliphatic carbocycles. The van der Waals surface area contributed by atoms with Crippen LogP contribution in [-0.2, 0) is 0 Å². The lowest BCUT2D eigenvalue weighted by molar-refractivity contribution is -0.384. The normalized spacial score (nSPS) is 15.5. The average molecular weight is 275 g/mol. The number of nitro groups is 1. The van der Waals surface area contributed by atoms with Gasteiger partial charge in [-0.15, -0.1) is 0 Å². The van der Waals surface area contributed by atoms with Crippen molar-refractivity contribution < 1.29 is 9.72 Å². The highest BCUT2D eigenvalue weighted by Gasteiger charge is 2.23. The number of piperidine rings is 1. The minimum atomic E-state index is -0.523. The Morgan fingerprint density at radius 3 is 2.75 bits per heavy atom. The molecule has 0 unspecified atom stereocenters. The summed E-state index contributed by atoms with van der Waals surface area (Å²) in [5.41, 5.74) is 8.58. The van der Waals surface area contributed by atoms with Gasteiger partial charge in [0.05, 0.1) is 4.92 Å². The molecule has 0 N–H and O–H groups in total. The van der Waals surface area contributed by atoms with Crippen LogP contribution in [0.3, 0.4) is 0 Å². The zero-order valence-corrected chi connectivity index (χ0v) is 10.7. The van der Waals surface area contributed by atoms with Gasteiger partial charge in [-0.25, -0.2) is 0 Å². The zero-order chi connectivity index (χ0) is 14.5. The molecule has 0 radical (unpaired) electrons. The largest absolute Gasteiger partial charge is 0.339 e. The first-order chi connectivity index (χ1) is 9.61. The van der Waals surface area contributed by atoms with E-state index in [4.69, 9.17) is 5.53 Å². The summed E-state index contributed by atoms with van der Waals surface area (Å²) in [4.78, 5) is 26.8. The summed E-state index contributed by atoms with van der Waals surface area (Å²) < 4.78 is 0. The molecule has 0 aromatic heterocycles. The number of carbonyl (C=O) groups is 1. The molecule has 0 bridgehead atoms. The molecule has 1 amide bonds. The Hall–Kier alpha value is -2.60. The van der Waals surface area contributed by atoms with Crippen molar-refractivity contribution in [3.63, 3.8) is 0 Å². The van der Waals surface area contributed by atoms with Crippen molar-refractivity contribution in [3.05, 3.63) is 50.4 Å². The van der Waals surface area contributed by atoms with Crippen molar-refractivity contribution in [2.45, 2.75) is 18.9 Å². The molecule has 0 spiro atoms. The summed E-state index contributed by atoms with van der Waals surface area (Å²) in [7, 11) is 0. The lowest BCUT2D eigenvalue weighted by Crippen LogP contribution is -2.39. The SMILES string of the molecule is [N-]=[N+]=NC1CCN(C(=O)c2cccc([N+](=O)[O-])c2)CC1. The van der Waals surface area contributed by atoms with Crippen LogP contribution in [0.5, 0.6) is 0 Å². The van der Waals surface area contributed by atoms with E-state index in [2.05, 4.69) is 10.0 Å². The number of azide groups is 1. The Morgan fingerprint density at radius 2 is 2.15 bits per heavy atom. The van der Waals surface area contributed by atoms with Crippen molar-refractivity contribution in [1.82, 2.24) is 4.90 Å². The molecule has 0 atom stereocenters. The molecule has 1 aromatic carbocycles. The predicted molar refractivity (Wildman–Crippen MR) is 71.2 cm³/mol. The quantitative estimate of drug-likeness (QED) is 0.277. The standard InChI is InChI=1S/C12H13N5O3/c13-15-14-10-4-6-16(7-5-10)12(18)9-2-1-3-11(8-9)17(19)20/h1-3,8,10H,4-7H2. The van der Waals surface area contributed by atoms with Crippen molar-refractivity contribution in [2.75, 3.05) is 13.1 Å². The van der Waals surface area contributed by atoms with Crippen LogP contribution in [0.15, 0.2) is 29.4 Å². The highest BCUT2D eigenvalue weighted by Crippen LogP contribution is 2.19. The molecule has 1 aliphatic heterocycles. The summed E-state index contributed by atoms with van der Waals surface area (Å²) >= 11 is 0. The van der Waals surface area contributed by atoms with Crippen molar-refractivity contribution >= 4 is 11.6 Å². The van der Waals surface area contributed by atoms with Gasteiger partial charge in [-0.1, -0.05) is 11.2 Å². The van der Waals surface area contributed by atoms with Crippen LogP contribution in [0.2, 0.25) is 0 Å². The fraction of sp³-hybridized carbons (Fsp3) is 0.417. The maximum absolute atomic E-state index is 12.2. The van der Waals surface area contributed by atoms with Crippen molar-refractivity contribution in [1.29, 1.82) is 0 Å². The number of likely N-dealkylation sites (tertiary alicyclic amines) is 1. The topological polar surface area (TPSA) is 112 Å². The van der Waals surface area contributed by atoms with Gasteiger partial charge in [-0.3, -0.25) is 14.9 Å². The molecular formula is C12H13N5O3. The van der Waals surface area contributed by atoms with E-state index in [0.717, 1.165) is 0 Å². The second-order valence-electron chi connectivity index (χ2n) is 4.54. The Labute approximate surface area is 114 Å². The van der Waals surface area contributed by atoms with Crippen LogP contribution in [0.1, 0.15) is 23.2 Å². The van der Waals surface area contributed by atoms with Gasteiger partial charge in [0.2, 0.25) is 0 Å². The third-order valence-corrected chi connectivity index (χ3v) is 3.27. The van der Waals surface area contributed by atoms with Gasteiger partial charge in [0.15, 0.2) is 0 Å². The molecular weight excluding hydrogens is 262 g/mol. The molecule has 1 aliphatic rings. The first kappa shape index (κ1) is 13.8. The first-order valence-corrected chi connectivity index (χ1v) is 6.20. The molecule has 0 saturated carbocycles. The van der Waals surface area contributed by atoms with Crippen molar-refractivity contribution in [3.8, 4) is 0 Å². The maximum Gasteiger partial charge on any atom is 0.270 e. The van der Waals surface area contributed by atoms with E-state index in [-0.39, 0.29) is 17.6 Å². The van der Waals surface area contributed by atoms with Crippen LogP contribution in [-0.4, -0.2) is 34.9 Å². The van der Waals surface area contributed by atoms with Gasteiger partial charge in [-0.05, 0) is 24.4 Å². The van der Waals surface area contributed by atoms with E-state index >= 15 is 0 Å². The molecule has 104 valence electrons. The zero-order valence-electron chi connectivity index (χ0n) is 10.7. The molecule has 8 nitrogen and oxygen atoms in total. The predicted octanol–water partition coefficient (Wildman–Crippen LogP) is 2.51. The number of carbonyl (C=O) groups excluding carboxylic acids is 1. The van der Waals surface area contributed by atoms with E-state index < -0.39 is 4.92 Å². The van der Waals surface area contributed by atoms with E-state index in [9.17, 15) is 14.9 Å². The summed E-state index contributed by atoms with van der Waals surface area (Å²) in [6.45, 7) is 0.983. The lowest BCUT2D eigenvalue weighted by Gasteiger charge is -2.29. The van der Waals surface area contributed by atoms with E-state index in [1.165, 1.54) is 18.2 Å². The van der Waals surface area contributed by atoms with Gasteiger partial charge >= 0.3 is 0 Å². The summed E-state index contributed by atoms with van der Waals surface area (Å²) in [6, 6.07) is 5.62. The maximum atomic E-state index is 12.2. The van der Waals surface area contributed by atoms with Crippen LogP contribution in [0, 0.1) is 10.1 Å². The molecule has 1 heterocycles. The van der Waals surface area contributed by atoms with Crippen LogP contribution in [0.25, 0.3) is 10.4 Å². The number of hydrogen-bond donors (Lipinski definition) is 0. The number of benzene rings is 1. The fourth-order valence-electron chi connectivity index (χ4n) is 2.19. The molecule has 1 aromatic rings. The number of rotatable bonds is 3. The van der Waals surface area contributed by atoms with Gasteiger partial charge in [0, 0.05) is 41.7 Å². The lowest BCUT2D eigenvalue weighted by atomic mass is 10.0. The second-order valence-corrected chi connectivity index (χ2v) is 4.54. The van der Waals surface area contributed by atoms with E-state index in [1.807, 2.05) is 0 Å². The van der Waals surface area contributed by atoms with E-state index in [1.54, 1.807) is 11.0 Å². The summed E-state index contributed by atoms with van der Waals surface area (Å²) in [6.07, 6.45) is 1.23. The number of nitro benzene ring substituents is 1. The smallest absolute Gasteiger partial charge is 0.270 e. The van der Waals surface area contributed by atoms with Crippen LogP contribution in [0.4, 0.5) is 5.69 Å². The Bertz CT molecular complexity index is 574. The van der Waals surface area contributed by atoms with Gasteiger partial charge in [0.25, 0.3) is 11.6 Å². The molecule has 2 rings (SSSR count). The monoisotopic (exact) mass is 275 g/mol. The van der Waals surface area contributed by atoms with E-state index in [0.29, 0.717) is 31.5 Å². The van der Waals surface area contributed by atoms with Gasteiger partial charge in [-0.2, -0.15) is 0 Å². The highest BCUT2D eigenvalue weighted by molar-refractivity contribution is 5.94. The summed E-state index contributed by atoms with van der Waals surface area (Å²) in [5.74, 6) is -0.229. The molecule has 1 saturated heterocycles. The average Bonchev–Trinajstić information content (AvgIpc) is 2.48. The van der Waals surface area contributed by atoms with Crippen LogP contribution < -0.4 is 0 Å². The van der Waals surface area contributed by atoms with Crippen LogP contribution >= 0.6 is 0 Å².